The summed E-state index contributed by atoms with van der Waals surface area (Å²) in [4.78, 5) is 12.1. The van der Waals surface area contributed by atoms with Crippen LogP contribution in [0.5, 0.6) is 0 Å². The van der Waals surface area contributed by atoms with Crippen LogP contribution in [0.25, 0.3) is 0 Å². The van der Waals surface area contributed by atoms with Gasteiger partial charge in [0.25, 0.3) is 0 Å². The Morgan fingerprint density at radius 2 is 1.86 bits per heavy atom. The van der Waals surface area contributed by atoms with Crippen LogP contribution in [0.4, 0.5) is 28.9 Å². The third-order valence-corrected chi connectivity index (χ3v) is 4.95. The van der Waals surface area contributed by atoms with Gasteiger partial charge in [0, 0.05) is 12.1 Å². The highest BCUT2D eigenvalue weighted by atomic mass is 19.4. The predicted octanol–water partition coefficient (Wildman–Crippen LogP) is 6.32. The standard InChI is InChI=1S/C22H24F4N2O/c1-13(2)10-21(29)28-20-11-14-4-3-5-19(17(14)12-18(20)22(24,25)26)27-16-8-6-15(23)7-9-16/h6-9,11-13,19,27H,3-5,10H2,1-2H3,(H,28,29). The fourth-order valence-electron chi connectivity index (χ4n) is 3.66. The number of benzene rings is 2. The summed E-state index contributed by atoms with van der Waals surface area (Å²) in [6.07, 6.45) is -2.32. The lowest BCUT2D eigenvalue weighted by Gasteiger charge is -2.29. The van der Waals surface area contributed by atoms with Crippen molar-refractivity contribution < 1.29 is 22.4 Å². The van der Waals surface area contributed by atoms with Gasteiger partial charge in [-0.15, -0.1) is 0 Å². The predicted molar refractivity (Wildman–Crippen MR) is 105 cm³/mol. The van der Waals surface area contributed by atoms with E-state index < -0.39 is 17.6 Å². The van der Waals surface area contributed by atoms with Crippen molar-refractivity contribution in [3.63, 3.8) is 0 Å². The molecule has 7 heteroatoms. The van der Waals surface area contributed by atoms with E-state index >= 15 is 0 Å². The van der Waals surface area contributed by atoms with Crippen LogP contribution >= 0.6 is 0 Å². The van der Waals surface area contributed by atoms with Gasteiger partial charge in [0.05, 0.1) is 17.3 Å². The number of fused-ring (bicyclic) bond motifs is 1. The summed E-state index contributed by atoms with van der Waals surface area (Å²) in [6, 6.07) is 8.02. The second-order valence-corrected chi connectivity index (χ2v) is 7.84. The van der Waals surface area contributed by atoms with Gasteiger partial charge in [-0.3, -0.25) is 4.79 Å². The number of anilines is 2. The van der Waals surface area contributed by atoms with E-state index in [9.17, 15) is 22.4 Å². The van der Waals surface area contributed by atoms with E-state index in [0.717, 1.165) is 18.1 Å². The van der Waals surface area contributed by atoms with Crippen LogP contribution in [0.3, 0.4) is 0 Å². The molecule has 0 radical (unpaired) electrons. The number of hydrogen-bond donors (Lipinski definition) is 2. The molecule has 2 N–H and O–H groups in total. The molecular formula is C22H24F4N2O. The van der Waals surface area contributed by atoms with Gasteiger partial charge in [-0.1, -0.05) is 13.8 Å². The largest absolute Gasteiger partial charge is 0.418 e. The summed E-state index contributed by atoms with van der Waals surface area (Å²) < 4.78 is 54.3. The first kappa shape index (κ1) is 21.1. The lowest BCUT2D eigenvalue weighted by atomic mass is 9.85. The fraction of sp³-hybridized carbons (Fsp3) is 0.409. The van der Waals surface area contributed by atoms with Gasteiger partial charge >= 0.3 is 6.18 Å². The van der Waals surface area contributed by atoms with Crippen molar-refractivity contribution in [2.24, 2.45) is 5.92 Å². The SMILES string of the molecule is CC(C)CC(=O)Nc1cc2c(cc1C(F)(F)F)C(Nc1ccc(F)cc1)CCC2. The minimum atomic E-state index is -4.59. The quantitative estimate of drug-likeness (QED) is 0.569. The Morgan fingerprint density at radius 1 is 1.17 bits per heavy atom. The summed E-state index contributed by atoms with van der Waals surface area (Å²) in [7, 11) is 0. The van der Waals surface area contributed by atoms with Gasteiger partial charge in [0.15, 0.2) is 0 Å². The highest BCUT2D eigenvalue weighted by Gasteiger charge is 2.36. The van der Waals surface area contributed by atoms with Crippen LogP contribution in [0, 0.1) is 11.7 Å². The zero-order valence-electron chi connectivity index (χ0n) is 16.4. The zero-order valence-corrected chi connectivity index (χ0v) is 16.4. The van der Waals surface area contributed by atoms with E-state index in [1.807, 2.05) is 13.8 Å². The number of carbonyl (C=O) groups is 1. The first-order valence-corrected chi connectivity index (χ1v) is 9.69. The monoisotopic (exact) mass is 408 g/mol. The van der Waals surface area contributed by atoms with E-state index in [-0.39, 0.29) is 29.9 Å². The minimum Gasteiger partial charge on any atom is -0.378 e. The Hall–Kier alpha value is -2.57. The fourth-order valence-corrected chi connectivity index (χ4v) is 3.66. The van der Waals surface area contributed by atoms with Crippen molar-refractivity contribution >= 4 is 17.3 Å². The Labute approximate surface area is 167 Å². The number of alkyl halides is 3. The molecule has 3 rings (SSSR count). The Balaban J connectivity index is 1.94. The van der Waals surface area contributed by atoms with Crippen molar-refractivity contribution in [2.75, 3.05) is 10.6 Å². The molecule has 0 heterocycles. The van der Waals surface area contributed by atoms with Crippen LogP contribution in [0.1, 0.15) is 55.8 Å². The van der Waals surface area contributed by atoms with Gasteiger partial charge in [-0.05, 0) is 72.7 Å². The van der Waals surface area contributed by atoms with Crippen molar-refractivity contribution in [3.8, 4) is 0 Å². The van der Waals surface area contributed by atoms with Crippen LogP contribution in [0.2, 0.25) is 0 Å². The Morgan fingerprint density at radius 3 is 2.48 bits per heavy atom. The topological polar surface area (TPSA) is 41.1 Å². The average Bonchev–Trinajstić information content (AvgIpc) is 2.61. The number of amides is 1. The van der Waals surface area contributed by atoms with Crippen molar-refractivity contribution in [1.29, 1.82) is 0 Å². The van der Waals surface area contributed by atoms with Crippen LogP contribution in [-0.4, -0.2) is 5.91 Å². The molecule has 2 aromatic rings. The molecular weight excluding hydrogens is 384 g/mol. The maximum atomic E-state index is 13.7. The molecule has 0 aliphatic heterocycles. The second-order valence-electron chi connectivity index (χ2n) is 7.84. The maximum Gasteiger partial charge on any atom is 0.418 e. The molecule has 0 saturated heterocycles. The lowest BCUT2D eigenvalue weighted by Crippen LogP contribution is -2.22. The molecule has 0 bridgehead atoms. The number of carbonyl (C=O) groups excluding carboxylic acids is 1. The minimum absolute atomic E-state index is 0.0475. The van der Waals surface area contributed by atoms with Crippen LogP contribution in [-0.2, 0) is 17.4 Å². The van der Waals surface area contributed by atoms with Gasteiger partial charge in [0.2, 0.25) is 5.91 Å². The number of nitrogens with one attached hydrogen (secondary N) is 2. The summed E-state index contributed by atoms with van der Waals surface area (Å²) in [6.45, 7) is 3.67. The highest BCUT2D eigenvalue weighted by molar-refractivity contribution is 5.92. The summed E-state index contributed by atoms with van der Waals surface area (Å²) in [5, 5.41) is 5.66. The number of aryl methyl sites for hydroxylation is 1. The highest BCUT2D eigenvalue weighted by Crippen LogP contribution is 2.41. The van der Waals surface area contributed by atoms with Gasteiger partial charge in [0.1, 0.15) is 5.82 Å². The zero-order chi connectivity index (χ0) is 21.2. The number of rotatable bonds is 5. The molecule has 156 valence electrons. The lowest BCUT2D eigenvalue weighted by molar-refractivity contribution is -0.137. The van der Waals surface area contributed by atoms with Gasteiger partial charge in [-0.2, -0.15) is 13.2 Å². The molecule has 0 fully saturated rings. The molecule has 0 saturated carbocycles. The third-order valence-electron chi connectivity index (χ3n) is 4.95. The molecule has 0 spiro atoms. The van der Waals surface area contributed by atoms with E-state index in [4.69, 9.17) is 0 Å². The molecule has 1 unspecified atom stereocenters. The van der Waals surface area contributed by atoms with Gasteiger partial charge in [-0.25, -0.2) is 4.39 Å². The molecule has 1 amide bonds. The summed E-state index contributed by atoms with van der Waals surface area (Å²) in [5.41, 5.74) is 0.955. The molecule has 1 aliphatic rings. The normalized spacial score (nSPS) is 16.4. The van der Waals surface area contributed by atoms with E-state index in [1.165, 1.54) is 18.2 Å². The summed E-state index contributed by atoms with van der Waals surface area (Å²) >= 11 is 0. The van der Waals surface area contributed by atoms with Crippen molar-refractivity contribution in [2.45, 2.75) is 51.7 Å². The smallest absolute Gasteiger partial charge is 0.378 e. The number of hydrogen-bond acceptors (Lipinski definition) is 2. The van der Waals surface area contributed by atoms with Crippen molar-refractivity contribution in [1.82, 2.24) is 0 Å². The van der Waals surface area contributed by atoms with E-state index in [0.29, 0.717) is 24.1 Å². The van der Waals surface area contributed by atoms with Crippen molar-refractivity contribution in [3.05, 3.63) is 58.9 Å². The molecule has 1 aliphatic carbocycles. The van der Waals surface area contributed by atoms with Crippen LogP contribution in [0.15, 0.2) is 36.4 Å². The molecule has 0 aromatic heterocycles. The molecule has 1 atom stereocenters. The van der Waals surface area contributed by atoms with Gasteiger partial charge < -0.3 is 10.6 Å². The Kier molecular flexibility index (Phi) is 6.15. The van der Waals surface area contributed by atoms with Crippen LogP contribution < -0.4 is 10.6 Å². The first-order valence-electron chi connectivity index (χ1n) is 9.69. The third kappa shape index (κ3) is 5.28. The van der Waals surface area contributed by atoms with E-state index in [2.05, 4.69) is 10.6 Å². The average molecular weight is 408 g/mol. The molecule has 3 nitrogen and oxygen atoms in total. The Bertz CT molecular complexity index is 876. The molecule has 29 heavy (non-hydrogen) atoms. The number of halogens is 4. The second kappa shape index (κ2) is 8.43. The molecule has 2 aromatic carbocycles. The summed E-state index contributed by atoms with van der Waals surface area (Å²) in [5.74, 6) is -0.755. The first-order chi connectivity index (χ1) is 13.6. The van der Waals surface area contributed by atoms with E-state index in [1.54, 1.807) is 12.1 Å². The maximum absolute atomic E-state index is 13.7.